The van der Waals surface area contributed by atoms with Crippen molar-refractivity contribution in [2.75, 3.05) is 5.32 Å². The molecule has 0 atom stereocenters. The number of rotatable bonds is 3. The highest BCUT2D eigenvalue weighted by Crippen LogP contribution is 2.26. The van der Waals surface area contributed by atoms with E-state index in [1.54, 1.807) is 0 Å². The standard InChI is InChI=1S/C13H7BrClFN2O3/c14-9-3-1-7(5-12(9)18(20)21)13(19)17-8-2-4-11(16)10(15)6-8/h1-6H,(H,17,19). The van der Waals surface area contributed by atoms with Gasteiger partial charge >= 0.3 is 0 Å². The van der Waals surface area contributed by atoms with Crippen LogP contribution in [0.5, 0.6) is 0 Å². The maximum atomic E-state index is 13.0. The molecule has 2 aromatic rings. The third-order valence-electron chi connectivity index (χ3n) is 2.58. The maximum absolute atomic E-state index is 13.0. The Balaban J connectivity index is 2.26. The summed E-state index contributed by atoms with van der Waals surface area (Å²) in [6, 6.07) is 7.68. The van der Waals surface area contributed by atoms with E-state index in [1.807, 2.05) is 0 Å². The van der Waals surface area contributed by atoms with E-state index in [-0.39, 0.29) is 26.4 Å². The Morgan fingerprint density at radius 1 is 1.29 bits per heavy atom. The van der Waals surface area contributed by atoms with Crippen molar-refractivity contribution < 1.29 is 14.1 Å². The first-order chi connectivity index (χ1) is 9.88. The van der Waals surface area contributed by atoms with Crippen molar-refractivity contribution in [2.24, 2.45) is 0 Å². The number of carbonyl (C=O) groups is 1. The van der Waals surface area contributed by atoms with Crippen molar-refractivity contribution in [3.63, 3.8) is 0 Å². The normalized spacial score (nSPS) is 10.2. The smallest absolute Gasteiger partial charge is 0.284 e. The number of nitro benzene ring substituents is 1. The molecule has 0 unspecified atom stereocenters. The fourth-order valence-electron chi connectivity index (χ4n) is 1.57. The van der Waals surface area contributed by atoms with E-state index in [2.05, 4.69) is 21.2 Å². The van der Waals surface area contributed by atoms with E-state index in [0.29, 0.717) is 0 Å². The number of hydrogen-bond acceptors (Lipinski definition) is 3. The second-order valence-corrected chi connectivity index (χ2v) is 5.27. The minimum Gasteiger partial charge on any atom is -0.322 e. The molecule has 0 aliphatic carbocycles. The predicted octanol–water partition coefficient (Wildman–Crippen LogP) is 4.40. The van der Waals surface area contributed by atoms with Crippen LogP contribution in [0.4, 0.5) is 15.8 Å². The molecule has 0 aliphatic rings. The van der Waals surface area contributed by atoms with Gasteiger partial charge in [-0.15, -0.1) is 0 Å². The summed E-state index contributed by atoms with van der Waals surface area (Å²) in [5.41, 5.74) is 0.169. The van der Waals surface area contributed by atoms with Crippen molar-refractivity contribution in [1.82, 2.24) is 0 Å². The third kappa shape index (κ3) is 3.56. The van der Waals surface area contributed by atoms with E-state index in [0.717, 1.165) is 12.1 Å². The SMILES string of the molecule is O=C(Nc1ccc(F)c(Cl)c1)c1ccc(Br)c([N+](=O)[O-])c1. The monoisotopic (exact) mass is 372 g/mol. The van der Waals surface area contributed by atoms with Gasteiger partial charge in [-0.25, -0.2) is 4.39 Å². The Bertz CT molecular complexity index is 739. The number of carbonyl (C=O) groups excluding carboxylic acids is 1. The predicted molar refractivity (Wildman–Crippen MR) is 80.2 cm³/mol. The summed E-state index contributed by atoms with van der Waals surface area (Å²) < 4.78 is 13.3. The van der Waals surface area contributed by atoms with Crippen LogP contribution in [0.1, 0.15) is 10.4 Å². The lowest BCUT2D eigenvalue weighted by molar-refractivity contribution is -0.385. The maximum Gasteiger partial charge on any atom is 0.284 e. The molecule has 1 amide bonds. The molecular weight excluding hydrogens is 367 g/mol. The molecule has 0 saturated carbocycles. The van der Waals surface area contributed by atoms with Gasteiger partial charge in [0.1, 0.15) is 5.82 Å². The fraction of sp³-hybridized carbons (Fsp3) is 0. The molecule has 0 aromatic heterocycles. The van der Waals surface area contributed by atoms with E-state index in [4.69, 9.17) is 11.6 Å². The molecule has 108 valence electrons. The van der Waals surface area contributed by atoms with Crippen LogP contribution in [-0.2, 0) is 0 Å². The van der Waals surface area contributed by atoms with E-state index < -0.39 is 16.6 Å². The molecule has 21 heavy (non-hydrogen) atoms. The summed E-state index contributed by atoms with van der Waals surface area (Å²) in [6.45, 7) is 0. The van der Waals surface area contributed by atoms with Gasteiger partial charge < -0.3 is 5.32 Å². The molecule has 2 rings (SSSR count). The highest BCUT2D eigenvalue weighted by molar-refractivity contribution is 9.10. The van der Waals surface area contributed by atoms with Crippen LogP contribution in [0, 0.1) is 15.9 Å². The molecular formula is C13H7BrClFN2O3. The summed E-state index contributed by atoms with van der Waals surface area (Å²) in [5, 5.41) is 13.2. The zero-order valence-electron chi connectivity index (χ0n) is 10.3. The Kier molecular flexibility index (Phi) is 4.54. The van der Waals surface area contributed by atoms with Crippen LogP contribution >= 0.6 is 27.5 Å². The molecule has 0 saturated heterocycles. The topological polar surface area (TPSA) is 72.2 Å². The lowest BCUT2D eigenvalue weighted by atomic mass is 10.2. The molecule has 0 heterocycles. The number of hydrogen-bond donors (Lipinski definition) is 1. The van der Waals surface area contributed by atoms with Crippen molar-refractivity contribution in [2.45, 2.75) is 0 Å². The number of benzene rings is 2. The number of anilines is 1. The lowest BCUT2D eigenvalue weighted by Crippen LogP contribution is -2.12. The zero-order valence-corrected chi connectivity index (χ0v) is 12.6. The van der Waals surface area contributed by atoms with Gasteiger partial charge in [-0.2, -0.15) is 0 Å². The number of nitrogens with one attached hydrogen (secondary N) is 1. The molecule has 0 spiro atoms. The third-order valence-corrected chi connectivity index (χ3v) is 3.54. The number of nitrogens with zero attached hydrogens (tertiary/aromatic N) is 1. The Hall–Kier alpha value is -1.99. The van der Waals surface area contributed by atoms with Crippen LogP contribution in [0.15, 0.2) is 40.9 Å². The Morgan fingerprint density at radius 3 is 2.62 bits per heavy atom. The lowest BCUT2D eigenvalue weighted by Gasteiger charge is -2.06. The largest absolute Gasteiger partial charge is 0.322 e. The quantitative estimate of drug-likeness (QED) is 0.640. The van der Waals surface area contributed by atoms with Crippen LogP contribution in [0.3, 0.4) is 0 Å². The molecule has 1 N–H and O–H groups in total. The van der Waals surface area contributed by atoms with Gasteiger partial charge in [0.25, 0.3) is 11.6 Å². The number of halogens is 3. The minimum atomic E-state index is -0.603. The molecule has 5 nitrogen and oxygen atoms in total. The van der Waals surface area contributed by atoms with Crippen LogP contribution in [-0.4, -0.2) is 10.8 Å². The van der Waals surface area contributed by atoms with E-state index >= 15 is 0 Å². The van der Waals surface area contributed by atoms with Crippen molar-refractivity contribution in [3.8, 4) is 0 Å². The van der Waals surface area contributed by atoms with Gasteiger partial charge in [0.15, 0.2) is 0 Å². The summed E-state index contributed by atoms with van der Waals surface area (Å²) in [5.74, 6) is -1.16. The van der Waals surface area contributed by atoms with E-state index in [9.17, 15) is 19.3 Å². The average molecular weight is 374 g/mol. The number of nitro groups is 1. The van der Waals surface area contributed by atoms with Gasteiger partial charge in [-0.05, 0) is 46.3 Å². The number of amides is 1. The van der Waals surface area contributed by atoms with Gasteiger partial charge in [0.2, 0.25) is 0 Å². The minimum absolute atomic E-state index is 0.102. The summed E-state index contributed by atoms with van der Waals surface area (Å²) >= 11 is 8.64. The molecule has 0 fully saturated rings. The van der Waals surface area contributed by atoms with Crippen LogP contribution < -0.4 is 5.32 Å². The Morgan fingerprint density at radius 2 is 2.00 bits per heavy atom. The fourth-order valence-corrected chi connectivity index (χ4v) is 2.14. The Labute approximate surface area is 132 Å². The average Bonchev–Trinajstić information content (AvgIpc) is 2.43. The van der Waals surface area contributed by atoms with Crippen LogP contribution in [0.2, 0.25) is 5.02 Å². The highest BCUT2D eigenvalue weighted by Gasteiger charge is 2.16. The zero-order chi connectivity index (χ0) is 15.6. The second-order valence-electron chi connectivity index (χ2n) is 4.01. The molecule has 0 aliphatic heterocycles. The second kappa shape index (κ2) is 6.19. The molecule has 0 bridgehead atoms. The van der Waals surface area contributed by atoms with Crippen LogP contribution in [0.25, 0.3) is 0 Å². The van der Waals surface area contributed by atoms with Crippen molar-refractivity contribution >= 4 is 44.8 Å². The summed E-state index contributed by atoms with van der Waals surface area (Å²) in [6.07, 6.45) is 0. The van der Waals surface area contributed by atoms with Crippen molar-refractivity contribution in [1.29, 1.82) is 0 Å². The van der Waals surface area contributed by atoms with Gasteiger partial charge in [0, 0.05) is 17.3 Å². The summed E-state index contributed by atoms with van der Waals surface area (Å²) in [7, 11) is 0. The molecule has 0 radical (unpaired) electrons. The first kappa shape index (κ1) is 15.4. The van der Waals surface area contributed by atoms with Gasteiger partial charge in [-0.1, -0.05) is 11.6 Å². The molecule has 8 heteroatoms. The highest BCUT2D eigenvalue weighted by atomic mass is 79.9. The van der Waals surface area contributed by atoms with Gasteiger partial charge in [-0.3, -0.25) is 14.9 Å². The first-order valence-corrected chi connectivity index (χ1v) is 6.76. The van der Waals surface area contributed by atoms with E-state index in [1.165, 1.54) is 24.3 Å². The van der Waals surface area contributed by atoms with Gasteiger partial charge in [0.05, 0.1) is 14.4 Å². The molecule has 2 aromatic carbocycles. The summed E-state index contributed by atoms with van der Waals surface area (Å²) in [4.78, 5) is 22.2. The first-order valence-electron chi connectivity index (χ1n) is 5.59. The van der Waals surface area contributed by atoms with Crippen molar-refractivity contribution in [3.05, 3.63) is 67.4 Å².